The van der Waals surface area contributed by atoms with Gasteiger partial charge < -0.3 is 15.2 Å². The van der Waals surface area contributed by atoms with Gasteiger partial charge in [-0.25, -0.2) is 9.97 Å². The highest BCUT2D eigenvalue weighted by molar-refractivity contribution is 5.94. The van der Waals surface area contributed by atoms with Gasteiger partial charge in [0.05, 0.1) is 5.56 Å². The smallest absolute Gasteiger partial charge is 0.256 e. The van der Waals surface area contributed by atoms with E-state index in [1.165, 1.54) is 0 Å². The number of carbonyl (C=O) groups is 2. The second-order valence-electron chi connectivity index (χ2n) is 7.58. The maximum Gasteiger partial charge on any atom is 0.256 e. The first-order valence-corrected chi connectivity index (χ1v) is 10.0. The average molecular weight is 391 g/mol. The van der Waals surface area contributed by atoms with E-state index in [2.05, 4.69) is 20.3 Å². The van der Waals surface area contributed by atoms with Crippen molar-refractivity contribution in [3.63, 3.8) is 0 Å². The van der Waals surface area contributed by atoms with Gasteiger partial charge in [-0.1, -0.05) is 6.92 Å². The summed E-state index contributed by atoms with van der Waals surface area (Å²) in [5, 5.41) is 4.12. The van der Waals surface area contributed by atoms with Gasteiger partial charge in [0.25, 0.3) is 5.91 Å². The molecule has 0 bridgehead atoms. The van der Waals surface area contributed by atoms with E-state index in [9.17, 15) is 9.59 Å². The quantitative estimate of drug-likeness (QED) is 0.699. The zero-order valence-corrected chi connectivity index (χ0v) is 16.7. The number of nitrogens with one attached hydrogen (secondary N) is 2. The second kappa shape index (κ2) is 8.03. The van der Waals surface area contributed by atoms with Crippen LogP contribution in [-0.4, -0.2) is 50.8 Å². The molecule has 2 aromatic heterocycles. The first kappa shape index (κ1) is 19.1. The van der Waals surface area contributed by atoms with Crippen LogP contribution in [0.2, 0.25) is 0 Å². The predicted octanol–water partition coefficient (Wildman–Crippen LogP) is 3.14. The average Bonchev–Trinajstić information content (AvgIpc) is 3.41. The van der Waals surface area contributed by atoms with Gasteiger partial charge in [-0.3, -0.25) is 9.59 Å². The summed E-state index contributed by atoms with van der Waals surface area (Å²) in [7, 11) is 1.81. The van der Waals surface area contributed by atoms with Gasteiger partial charge in [0.1, 0.15) is 0 Å². The number of amides is 2. The third-order valence-corrected chi connectivity index (χ3v) is 5.67. The Kier molecular flexibility index (Phi) is 5.29. The van der Waals surface area contributed by atoms with Crippen molar-refractivity contribution in [3.05, 3.63) is 48.4 Å². The van der Waals surface area contributed by atoms with Crippen molar-refractivity contribution in [3.8, 4) is 11.4 Å². The summed E-state index contributed by atoms with van der Waals surface area (Å²) in [6.07, 6.45) is 8.12. The molecule has 3 aromatic rings. The van der Waals surface area contributed by atoms with Gasteiger partial charge in [0.15, 0.2) is 5.82 Å². The number of rotatable bonds is 5. The van der Waals surface area contributed by atoms with Crippen LogP contribution in [0.15, 0.2) is 42.9 Å². The number of carbonyl (C=O) groups excluding carboxylic acids is 2. The maximum atomic E-state index is 12.9. The predicted molar refractivity (Wildman–Crippen MR) is 111 cm³/mol. The number of aromatic amines is 1. The van der Waals surface area contributed by atoms with Crippen molar-refractivity contribution in [2.24, 2.45) is 0 Å². The minimum atomic E-state index is -0.0925. The summed E-state index contributed by atoms with van der Waals surface area (Å²) < 4.78 is 0. The van der Waals surface area contributed by atoms with Crippen LogP contribution in [0.5, 0.6) is 0 Å². The Morgan fingerprint density at radius 3 is 2.76 bits per heavy atom. The summed E-state index contributed by atoms with van der Waals surface area (Å²) in [5.74, 6) is 0.562. The first-order chi connectivity index (χ1) is 14.0. The molecule has 7 nitrogen and oxygen atoms in total. The van der Waals surface area contributed by atoms with E-state index in [1.54, 1.807) is 17.3 Å². The summed E-state index contributed by atoms with van der Waals surface area (Å²) in [6.45, 7) is 1.84. The molecule has 1 aliphatic carbocycles. The van der Waals surface area contributed by atoms with Gasteiger partial charge in [-0.15, -0.1) is 0 Å². The van der Waals surface area contributed by atoms with E-state index in [0.717, 1.165) is 35.7 Å². The molecule has 4 rings (SSSR count). The highest BCUT2D eigenvalue weighted by Crippen LogP contribution is 2.25. The van der Waals surface area contributed by atoms with Crippen molar-refractivity contribution in [2.75, 3.05) is 7.05 Å². The number of hydrogen-bond donors (Lipinski definition) is 2. The van der Waals surface area contributed by atoms with Gasteiger partial charge in [0.2, 0.25) is 5.91 Å². The van der Waals surface area contributed by atoms with Crippen molar-refractivity contribution in [1.29, 1.82) is 0 Å². The monoisotopic (exact) mass is 391 g/mol. The molecule has 2 atom stereocenters. The maximum absolute atomic E-state index is 12.9. The highest BCUT2D eigenvalue weighted by Gasteiger charge is 2.31. The normalized spacial score (nSPS) is 18.7. The summed E-state index contributed by atoms with van der Waals surface area (Å²) in [5.41, 5.74) is 2.45. The zero-order chi connectivity index (χ0) is 20.4. The molecule has 1 aliphatic rings. The third kappa shape index (κ3) is 3.99. The number of fused-ring (bicyclic) bond motifs is 1. The molecular formula is C22H25N5O2. The molecule has 7 heteroatoms. The molecule has 0 spiro atoms. The summed E-state index contributed by atoms with van der Waals surface area (Å²) in [6, 6.07) is 8.24. The van der Waals surface area contributed by atoms with Crippen LogP contribution in [0.25, 0.3) is 22.3 Å². The number of nitrogens with zero attached hydrogens (tertiary/aromatic N) is 3. The van der Waals surface area contributed by atoms with Crippen LogP contribution in [0.3, 0.4) is 0 Å². The zero-order valence-electron chi connectivity index (χ0n) is 16.7. The number of hydrogen-bond acceptors (Lipinski definition) is 4. The van der Waals surface area contributed by atoms with E-state index in [-0.39, 0.29) is 23.9 Å². The first-order valence-electron chi connectivity index (χ1n) is 10.0. The Morgan fingerprint density at radius 2 is 2.00 bits per heavy atom. The van der Waals surface area contributed by atoms with Crippen LogP contribution >= 0.6 is 0 Å². The molecule has 2 amide bonds. The van der Waals surface area contributed by atoms with Crippen molar-refractivity contribution in [1.82, 2.24) is 25.2 Å². The minimum Gasteiger partial charge on any atom is -0.361 e. The molecule has 0 saturated heterocycles. The molecule has 0 radical (unpaired) electrons. The largest absolute Gasteiger partial charge is 0.361 e. The molecule has 1 fully saturated rings. The van der Waals surface area contributed by atoms with Crippen molar-refractivity contribution in [2.45, 2.75) is 44.7 Å². The molecule has 29 heavy (non-hydrogen) atoms. The second-order valence-corrected chi connectivity index (χ2v) is 7.58. The Morgan fingerprint density at radius 1 is 1.21 bits per heavy atom. The lowest BCUT2D eigenvalue weighted by molar-refractivity contribution is -0.121. The topological polar surface area (TPSA) is 91.0 Å². The Labute approximate surface area is 169 Å². The van der Waals surface area contributed by atoms with Crippen LogP contribution < -0.4 is 5.32 Å². The SMILES string of the molecule is CCC(=O)N[C@H]1CC[C@@H](N(C)C(=O)c2cnc(-c3ccc4[nH]ccc4c3)nc2)C1. The molecule has 1 aromatic carbocycles. The van der Waals surface area contributed by atoms with Gasteiger partial charge in [-0.2, -0.15) is 0 Å². The third-order valence-electron chi connectivity index (χ3n) is 5.67. The van der Waals surface area contributed by atoms with E-state index in [0.29, 0.717) is 17.8 Å². The standard InChI is InChI=1S/C22H25N5O2/c1-3-20(28)26-17-5-6-18(11-17)27(2)22(29)16-12-24-21(25-13-16)15-4-7-19-14(10-15)8-9-23-19/h4,7-10,12-13,17-18,23H,3,5-6,11H2,1-2H3,(H,26,28)/t17-,18+/m0/s1. The molecular weight excluding hydrogens is 366 g/mol. The van der Waals surface area contributed by atoms with Crippen LogP contribution in [0.4, 0.5) is 0 Å². The van der Waals surface area contributed by atoms with Crippen LogP contribution in [0.1, 0.15) is 43.0 Å². The van der Waals surface area contributed by atoms with Crippen LogP contribution in [-0.2, 0) is 4.79 Å². The van der Waals surface area contributed by atoms with Crippen molar-refractivity contribution < 1.29 is 9.59 Å². The van der Waals surface area contributed by atoms with Gasteiger partial charge >= 0.3 is 0 Å². The molecule has 2 heterocycles. The lowest BCUT2D eigenvalue weighted by Gasteiger charge is -2.24. The molecule has 2 N–H and O–H groups in total. The lowest BCUT2D eigenvalue weighted by Crippen LogP contribution is -2.38. The Hall–Kier alpha value is -3.22. The Bertz CT molecular complexity index is 1030. The molecule has 1 saturated carbocycles. The van der Waals surface area contributed by atoms with E-state index in [1.807, 2.05) is 44.4 Å². The number of aromatic nitrogens is 3. The molecule has 0 unspecified atom stereocenters. The summed E-state index contributed by atoms with van der Waals surface area (Å²) in [4.78, 5) is 38.2. The molecule has 0 aliphatic heterocycles. The van der Waals surface area contributed by atoms with E-state index < -0.39 is 0 Å². The fraction of sp³-hybridized carbons (Fsp3) is 0.364. The number of benzene rings is 1. The van der Waals surface area contributed by atoms with E-state index in [4.69, 9.17) is 0 Å². The minimum absolute atomic E-state index is 0.0615. The Balaban J connectivity index is 1.43. The van der Waals surface area contributed by atoms with Crippen molar-refractivity contribution >= 4 is 22.7 Å². The van der Waals surface area contributed by atoms with Gasteiger partial charge in [0, 0.05) is 60.6 Å². The fourth-order valence-electron chi connectivity index (χ4n) is 3.92. The number of H-pyrrole nitrogens is 1. The highest BCUT2D eigenvalue weighted by atomic mass is 16.2. The van der Waals surface area contributed by atoms with E-state index >= 15 is 0 Å². The summed E-state index contributed by atoms with van der Waals surface area (Å²) >= 11 is 0. The molecule has 150 valence electrons. The fourth-order valence-corrected chi connectivity index (χ4v) is 3.92. The van der Waals surface area contributed by atoms with Gasteiger partial charge in [-0.05, 0) is 43.5 Å². The van der Waals surface area contributed by atoms with Crippen LogP contribution in [0, 0.1) is 0 Å². The lowest BCUT2D eigenvalue weighted by atomic mass is 10.1.